The summed E-state index contributed by atoms with van der Waals surface area (Å²) >= 11 is 19.0. The number of pyridine rings is 1. The number of aliphatic carboxylic acids is 1. The molecule has 4 aromatic rings. The van der Waals surface area contributed by atoms with Gasteiger partial charge in [-0.15, -0.1) is 0 Å². The summed E-state index contributed by atoms with van der Waals surface area (Å²) in [6.07, 6.45) is 0.953. The Hall–Kier alpha value is -3.00. The van der Waals surface area contributed by atoms with Crippen molar-refractivity contribution < 1.29 is 28.2 Å². The highest BCUT2D eigenvalue weighted by Gasteiger charge is 2.31. The van der Waals surface area contributed by atoms with Gasteiger partial charge >= 0.3 is 5.97 Å². The average Bonchev–Trinajstić information content (AvgIpc) is 3.32. The molecule has 0 fully saturated rings. The van der Waals surface area contributed by atoms with Gasteiger partial charge < -0.3 is 15.5 Å². The van der Waals surface area contributed by atoms with Crippen molar-refractivity contribution in [1.29, 1.82) is 0 Å². The first-order valence-corrected chi connectivity index (χ1v) is 13.6. The molecule has 0 aliphatic rings. The van der Waals surface area contributed by atoms with Crippen LogP contribution >= 0.6 is 46.3 Å². The molecule has 2 heterocycles. The first-order chi connectivity index (χ1) is 17.5. The van der Waals surface area contributed by atoms with Gasteiger partial charge in [0.05, 0.1) is 37.6 Å². The van der Waals surface area contributed by atoms with Gasteiger partial charge in [0.25, 0.3) is 15.9 Å². The minimum Gasteiger partial charge on any atom is -0.480 e. The van der Waals surface area contributed by atoms with E-state index in [1.807, 2.05) is 0 Å². The van der Waals surface area contributed by atoms with Crippen LogP contribution in [0.15, 0.2) is 59.9 Å². The molecule has 0 bridgehead atoms. The smallest absolute Gasteiger partial charge is 0.329 e. The first kappa shape index (κ1) is 27.0. The molecule has 0 aliphatic heterocycles. The van der Waals surface area contributed by atoms with E-state index in [1.54, 1.807) is 6.07 Å². The maximum absolute atomic E-state index is 13.2. The number of carboxylic acid groups (broad SMARTS) is 1. The number of carbonyl (C=O) groups is 2. The van der Waals surface area contributed by atoms with Crippen molar-refractivity contribution in [3.63, 3.8) is 0 Å². The molecule has 4 N–H and O–H groups in total. The zero-order valence-corrected chi connectivity index (χ0v) is 22.1. The molecule has 0 spiro atoms. The third-order valence-electron chi connectivity index (χ3n) is 5.13. The monoisotopic (exact) mass is 600 g/mol. The quantitative estimate of drug-likeness (QED) is 0.232. The molecule has 2 aromatic heterocycles. The molecule has 2 unspecified atom stereocenters. The molecule has 192 valence electrons. The molecule has 2 aromatic carbocycles. The largest absolute Gasteiger partial charge is 0.480 e. The van der Waals surface area contributed by atoms with Crippen LogP contribution in [0, 0.1) is 0 Å². The molecule has 2 atom stereocenters. The minimum absolute atomic E-state index is 0.0764. The fraction of sp³-hybridized carbons (Fsp3) is 0.0909. The number of carboxylic acids is 1. The molecule has 0 radical (unpaired) electrons. The molecule has 15 heteroatoms. The number of aliphatic hydroxyl groups excluding tert-OH is 1. The number of carbonyl (C=O) groups excluding carboxylic acids is 1. The number of amides is 1. The van der Waals surface area contributed by atoms with Crippen molar-refractivity contribution in [2.75, 3.05) is 4.72 Å². The van der Waals surface area contributed by atoms with Gasteiger partial charge in [-0.1, -0.05) is 40.9 Å². The van der Waals surface area contributed by atoms with Crippen molar-refractivity contribution in [3.8, 4) is 0 Å². The van der Waals surface area contributed by atoms with E-state index in [4.69, 9.17) is 34.8 Å². The number of aliphatic hydroxyl groups is 1. The Kier molecular flexibility index (Phi) is 7.88. The van der Waals surface area contributed by atoms with Gasteiger partial charge in [-0.05, 0) is 53.5 Å². The van der Waals surface area contributed by atoms with Crippen LogP contribution in [0.25, 0.3) is 10.1 Å². The molecule has 4 rings (SSSR count). The molecule has 1 amide bonds. The molecular weight excluding hydrogens is 587 g/mol. The number of hydrogen-bond acceptors (Lipinski definition) is 8. The van der Waals surface area contributed by atoms with Crippen LogP contribution in [0.5, 0.6) is 0 Å². The number of nitrogens with zero attached hydrogens (tertiary/aromatic N) is 2. The van der Waals surface area contributed by atoms with Gasteiger partial charge in [0.15, 0.2) is 11.1 Å². The van der Waals surface area contributed by atoms with Crippen molar-refractivity contribution in [3.05, 3.63) is 81.1 Å². The Morgan fingerprint density at radius 2 is 1.78 bits per heavy atom. The maximum Gasteiger partial charge on any atom is 0.329 e. The number of nitrogens with one attached hydrogen (secondary N) is 2. The highest BCUT2D eigenvalue weighted by Crippen LogP contribution is 2.30. The lowest BCUT2D eigenvalue weighted by Gasteiger charge is -2.22. The highest BCUT2D eigenvalue weighted by molar-refractivity contribution is 7.92. The van der Waals surface area contributed by atoms with E-state index in [0.717, 1.165) is 11.5 Å². The number of rotatable bonds is 8. The third kappa shape index (κ3) is 5.79. The SMILES string of the molecule is O=C(NC(C(=O)O)C(O)c1ccc(Cl)c(Cl)c1)c1ccc(Cl)cc1NS(=O)(=O)c1nccc2sncc12. The summed E-state index contributed by atoms with van der Waals surface area (Å²) in [6, 6.07) is 7.49. The Morgan fingerprint density at radius 3 is 2.49 bits per heavy atom. The van der Waals surface area contributed by atoms with Crippen LogP contribution in [-0.4, -0.2) is 45.9 Å². The van der Waals surface area contributed by atoms with E-state index in [2.05, 4.69) is 19.4 Å². The topological polar surface area (TPSA) is 159 Å². The van der Waals surface area contributed by atoms with Crippen LogP contribution in [0.2, 0.25) is 15.1 Å². The number of benzene rings is 2. The normalized spacial score (nSPS) is 13.2. The second kappa shape index (κ2) is 10.8. The second-order valence-electron chi connectivity index (χ2n) is 7.56. The summed E-state index contributed by atoms with van der Waals surface area (Å²) in [5.74, 6) is -2.55. The number of aromatic nitrogens is 2. The van der Waals surface area contributed by atoms with Gasteiger partial charge in [-0.2, -0.15) is 12.8 Å². The van der Waals surface area contributed by atoms with Crippen LogP contribution < -0.4 is 10.0 Å². The number of fused-ring (bicyclic) bond motifs is 1. The summed E-state index contributed by atoms with van der Waals surface area (Å²) in [7, 11) is -4.32. The minimum atomic E-state index is -4.32. The van der Waals surface area contributed by atoms with Crippen molar-refractivity contribution in [2.24, 2.45) is 0 Å². The number of sulfonamides is 1. The predicted molar refractivity (Wildman–Crippen MR) is 140 cm³/mol. The zero-order valence-electron chi connectivity index (χ0n) is 18.2. The Bertz CT molecular complexity index is 1630. The van der Waals surface area contributed by atoms with Gasteiger partial charge in [-0.25, -0.2) is 9.78 Å². The van der Waals surface area contributed by atoms with Crippen LogP contribution in [0.1, 0.15) is 22.0 Å². The van der Waals surface area contributed by atoms with Crippen LogP contribution in [0.3, 0.4) is 0 Å². The van der Waals surface area contributed by atoms with Crippen molar-refractivity contribution >= 4 is 84.0 Å². The lowest BCUT2D eigenvalue weighted by Crippen LogP contribution is -2.45. The number of anilines is 1. The first-order valence-electron chi connectivity index (χ1n) is 10.2. The van der Waals surface area contributed by atoms with Crippen LogP contribution in [-0.2, 0) is 14.8 Å². The van der Waals surface area contributed by atoms with E-state index in [-0.39, 0.29) is 42.3 Å². The van der Waals surface area contributed by atoms with E-state index < -0.39 is 34.0 Å². The average molecular weight is 602 g/mol. The summed E-state index contributed by atoms with van der Waals surface area (Å²) in [5.41, 5.74) is -0.404. The van der Waals surface area contributed by atoms with E-state index in [1.165, 1.54) is 48.8 Å². The Labute approximate surface area is 229 Å². The lowest BCUT2D eigenvalue weighted by molar-refractivity contribution is -0.142. The summed E-state index contributed by atoms with van der Waals surface area (Å²) < 4.78 is 33.1. The standard InChI is InChI=1S/C22H15Cl3N4O6S2/c23-11-2-3-12(16(8-11)29-37(34,35)21-13-9-27-36-17(13)5-6-26-21)20(31)28-18(22(32)33)19(30)10-1-4-14(24)15(25)7-10/h1-9,18-19,29-30H,(H,28,31)(H,32,33). The maximum atomic E-state index is 13.2. The van der Waals surface area contributed by atoms with Gasteiger partial charge in [0.1, 0.15) is 6.10 Å². The van der Waals surface area contributed by atoms with Gasteiger partial charge in [-0.3, -0.25) is 9.52 Å². The summed E-state index contributed by atoms with van der Waals surface area (Å²) in [4.78, 5) is 28.9. The molecule has 37 heavy (non-hydrogen) atoms. The Morgan fingerprint density at radius 1 is 1.03 bits per heavy atom. The van der Waals surface area contributed by atoms with Gasteiger partial charge in [0.2, 0.25) is 0 Å². The lowest BCUT2D eigenvalue weighted by atomic mass is 10.0. The van der Waals surface area contributed by atoms with Crippen molar-refractivity contribution in [1.82, 2.24) is 14.7 Å². The molecule has 10 nitrogen and oxygen atoms in total. The third-order valence-corrected chi connectivity index (χ3v) is 8.19. The fourth-order valence-electron chi connectivity index (χ4n) is 3.36. The molecule has 0 aliphatic carbocycles. The molecule has 0 saturated heterocycles. The zero-order chi connectivity index (χ0) is 26.9. The second-order valence-corrected chi connectivity index (χ2v) is 11.2. The number of hydrogen-bond donors (Lipinski definition) is 4. The van der Waals surface area contributed by atoms with E-state index in [9.17, 15) is 28.2 Å². The fourth-order valence-corrected chi connectivity index (χ4v) is 5.75. The van der Waals surface area contributed by atoms with E-state index in [0.29, 0.717) is 4.70 Å². The molecular formula is C22H15Cl3N4O6S2. The van der Waals surface area contributed by atoms with E-state index >= 15 is 0 Å². The van der Waals surface area contributed by atoms with Crippen LogP contribution in [0.4, 0.5) is 5.69 Å². The summed E-state index contributed by atoms with van der Waals surface area (Å²) in [5, 5.41) is 22.9. The van der Waals surface area contributed by atoms with Crippen molar-refractivity contribution in [2.45, 2.75) is 17.2 Å². The summed E-state index contributed by atoms with van der Waals surface area (Å²) in [6.45, 7) is 0. The Balaban J connectivity index is 1.65. The molecule has 0 saturated carbocycles. The highest BCUT2D eigenvalue weighted by atomic mass is 35.5. The predicted octanol–water partition coefficient (Wildman–Crippen LogP) is 4.37. The van der Waals surface area contributed by atoms with Gasteiger partial charge in [0, 0.05) is 11.2 Å². The number of halogens is 3.